The van der Waals surface area contributed by atoms with Crippen molar-refractivity contribution >= 4 is 34.4 Å². The lowest BCUT2D eigenvalue weighted by Gasteiger charge is -1.97. The van der Waals surface area contributed by atoms with Crippen LogP contribution < -0.4 is 0 Å². The fourth-order valence-corrected chi connectivity index (χ4v) is 2.01. The molecule has 3 heteroatoms. The number of aromatic amines is 1. The van der Waals surface area contributed by atoms with Crippen molar-refractivity contribution in [1.82, 2.24) is 4.98 Å². The number of rotatable bonds is 2. The number of benzene rings is 2. The minimum Gasteiger partial charge on any atom is -0.361 e. The van der Waals surface area contributed by atoms with Gasteiger partial charge in [-0.2, -0.15) is 0 Å². The van der Waals surface area contributed by atoms with E-state index < -0.39 is 0 Å². The topological polar surface area (TPSA) is 28.1 Å². The van der Waals surface area contributed by atoms with Gasteiger partial charge in [-0.25, -0.2) is 0 Å². The second-order valence-electron chi connectivity index (χ2n) is 4.02. The van der Waals surface area contributed by atoms with Crippen molar-refractivity contribution in [3.05, 3.63) is 65.3 Å². The number of hydrogen-bond donors (Lipinski definition) is 1. The van der Waals surface area contributed by atoms with Crippen LogP contribution >= 0.6 is 11.6 Å². The van der Waals surface area contributed by atoms with E-state index in [1.54, 1.807) is 0 Å². The van der Waals surface area contributed by atoms with Crippen molar-refractivity contribution in [1.29, 1.82) is 0 Å². The van der Waals surface area contributed by atoms with E-state index in [1.807, 2.05) is 48.8 Å². The van der Waals surface area contributed by atoms with Crippen LogP contribution in [0.5, 0.6) is 0 Å². The van der Waals surface area contributed by atoms with Gasteiger partial charge < -0.3 is 4.98 Å². The van der Waals surface area contributed by atoms with Crippen LogP contribution in [-0.4, -0.2) is 11.2 Å². The van der Waals surface area contributed by atoms with Crippen LogP contribution in [0.15, 0.2) is 59.7 Å². The Morgan fingerprint density at radius 2 is 1.83 bits per heavy atom. The maximum atomic E-state index is 5.84. The molecule has 0 unspecified atom stereocenters. The van der Waals surface area contributed by atoms with Crippen LogP contribution in [0, 0.1) is 0 Å². The third kappa shape index (κ3) is 2.15. The molecule has 88 valence electrons. The predicted octanol–water partition coefficient (Wildman–Crippen LogP) is 4.57. The molecule has 3 rings (SSSR count). The van der Waals surface area contributed by atoms with Gasteiger partial charge in [0.1, 0.15) is 0 Å². The Hall–Kier alpha value is -2.06. The van der Waals surface area contributed by atoms with Crippen molar-refractivity contribution in [3.63, 3.8) is 0 Å². The first-order chi connectivity index (χ1) is 8.83. The van der Waals surface area contributed by atoms with Gasteiger partial charge in [0.05, 0.1) is 11.2 Å². The van der Waals surface area contributed by atoms with Gasteiger partial charge in [0.2, 0.25) is 0 Å². The molecular weight excluding hydrogens is 244 g/mol. The Balaban J connectivity index is 1.96. The molecule has 0 aliphatic carbocycles. The molecule has 0 spiro atoms. The van der Waals surface area contributed by atoms with Crippen molar-refractivity contribution in [2.45, 2.75) is 0 Å². The largest absolute Gasteiger partial charge is 0.361 e. The fraction of sp³-hybridized carbons (Fsp3) is 0. The summed E-state index contributed by atoms with van der Waals surface area (Å²) < 4.78 is 0. The fourth-order valence-electron chi connectivity index (χ4n) is 1.89. The molecule has 0 fully saturated rings. The minimum atomic E-state index is 0.723. The van der Waals surface area contributed by atoms with Gasteiger partial charge in [-0.3, -0.25) is 4.99 Å². The number of nitrogens with one attached hydrogen (secondary N) is 1. The van der Waals surface area contributed by atoms with Crippen LogP contribution in [0.4, 0.5) is 5.69 Å². The van der Waals surface area contributed by atoms with E-state index in [0.717, 1.165) is 21.8 Å². The number of nitrogens with zero attached hydrogens (tertiary/aromatic N) is 1. The second-order valence-corrected chi connectivity index (χ2v) is 4.46. The van der Waals surface area contributed by atoms with Gasteiger partial charge in [-0.05, 0) is 30.3 Å². The lowest BCUT2D eigenvalue weighted by Crippen LogP contribution is -1.82. The first kappa shape index (κ1) is 11.1. The van der Waals surface area contributed by atoms with Crippen LogP contribution in [-0.2, 0) is 0 Å². The Bertz CT molecular complexity index is 696. The van der Waals surface area contributed by atoms with Crippen molar-refractivity contribution in [2.24, 2.45) is 4.99 Å². The molecule has 0 bridgehead atoms. The molecule has 1 N–H and O–H groups in total. The monoisotopic (exact) mass is 254 g/mol. The molecule has 0 radical (unpaired) electrons. The maximum Gasteiger partial charge on any atom is 0.0630 e. The van der Waals surface area contributed by atoms with Gasteiger partial charge in [0.15, 0.2) is 0 Å². The highest BCUT2D eigenvalue weighted by Crippen LogP contribution is 2.18. The van der Waals surface area contributed by atoms with Crippen molar-refractivity contribution < 1.29 is 0 Å². The van der Waals surface area contributed by atoms with E-state index in [0.29, 0.717) is 0 Å². The maximum absolute atomic E-state index is 5.84. The van der Waals surface area contributed by atoms with Crippen molar-refractivity contribution in [2.75, 3.05) is 0 Å². The molecule has 0 saturated carbocycles. The average Bonchev–Trinajstić information content (AvgIpc) is 2.87. The van der Waals surface area contributed by atoms with Crippen LogP contribution in [0.1, 0.15) is 5.56 Å². The number of halogens is 1. The molecule has 0 amide bonds. The zero-order chi connectivity index (χ0) is 12.4. The van der Waals surface area contributed by atoms with Crippen LogP contribution in [0.25, 0.3) is 10.9 Å². The van der Waals surface area contributed by atoms with E-state index >= 15 is 0 Å². The van der Waals surface area contributed by atoms with Gasteiger partial charge >= 0.3 is 0 Å². The minimum absolute atomic E-state index is 0.723. The highest BCUT2D eigenvalue weighted by Gasteiger charge is 1.98. The molecule has 0 aliphatic heterocycles. The zero-order valence-electron chi connectivity index (χ0n) is 9.60. The highest BCUT2D eigenvalue weighted by molar-refractivity contribution is 6.30. The number of aliphatic imine (C=N–C) groups is 1. The van der Waals surface area contributed by atoms with Crippen LogP contribution in [0.2, 0.25) is 5.02 Å². The summed E-state index contributed by atoms with van der Waals surface area (Å²) in [7, 11) is 0. The third-order valence-corrected chi connectivity index (χ3v) is 3.05. The molecule has 0 aliphatic rings. The van der Waals surface area contributed by atoms with Crippen molar-refractivity contribution in [3.8, 4) is 0 Å². The lowest BCUT2D eigenvalue weighted by atomic mass is 10.1. The summed E-state index contributed by atoms with van der Waals surface area (Å²) in [6.45, 7) is 0. The molecule has 18 heavy (non-hydrogen) atoms. The van der Waals surface area contributed by atoms with E-state index in [1.165, 1.54) is 5.39 Å². The summed E-state index contributed by atoms with van der Waals surface area (Å²) in [6, 6.07) is 15.7. The van der Waals surface area contributed by atoms with E-state index in [4.69, 9.17) is 11.6 Å². The highest BCUT2D eigenvalue weighted by atomic mass is 35.5. The summed E-state index contributed by atoms with van der Waals surface area (Å²) in [6.07, 6.45) is 3.80. The zero-order valence-corrected chi connectivity index (χ0v) is 10.4. The summed E-state index contributed by atoms with van der Waals surface area (Å²) >= 11 is 5.84. The SMILES string of the molecule is Clc1ccc(/N=C/c2cccc3cc[nH]c23)cc1. The number of aromatic nitrogens is 1. The molecule has 1 aromatic heterocycles. The number of fused-ring (bicyclic) bond motifs is 1. The summed E-state index contributed by atoms with van der Waals surface area (Å²) in [5.74, 6) is 0. The Morgan fingerprint density at radius 3 is 2.67 bits per heavy atom. The quantitative estimate of drug-likeness (QED) is 0.649. The number of hydrogen-bond acceptors (Lipinski definition) is 1. The average molecular weight is 255 g/mol. The third-order valence-electron chi connectivity index (χ3n) is 2.80. The molecule has 3 aromatic rings. The summed E-state index contributed by atoms with van der Waals surface area (Å²) in [5.41, 5.74) is 3.07. The normalized spacial score (nSPS) is 11.4. The Kier molecular flexibility index (Phi) is 2.87. The Labute approximate surface area is 110 Å². The number of H-pyrrole nitrogens is 1. The second kappa shape index (κ2) is 4.67. The van der Waals surface area contributed by atoms with Gasteiger partial charge in [0.25, 0.3) is 0 Å². The van der Waals surface area contributed by atoms with E-state index in [-0.39, 0.29) is 0 Å². The summed E-state index contributed by atoms with van der Waals surface area (Å²) in [5, 5.41) is 1.91. The predicted molar refractivity (Wildman–Crippen MR) is 77.0 cm³/mol. The summed E-state index contributed by atoms with van der Waals surface area (Å²) in [4.78, 5) is 7.66. The molecule has 2 nitrogen and oxygen atoms in total. The standard InChI is InChI=1S/C15H11ClN2/c16-13-4-6-14(7-5-13)18-10-12-3-1-2-11-8-9-17-15(11)12/h1-10,17H/b18-10+. The lowest BCUT2D eigenvalue weighted by molar-refractivity contribution is 1.46. The van der Waals surface area contributed by atoms with Crippen LogP contribution in [0.3, 0.4) is 0 Å². The molecule has 0 saturated heterocycles. The molecular formula is C15H11ClN2. The van der Waals surface area contributed by atoms with Gasteiger partial charge in [-0.1, -0.05) is 29.8 Å². The Morgan fingerprint density at radius 1 is 1.00 bits per heavy atom. The first-order valence-corrected chi connectivity index (χ1v) is 6.06. The molecule has 1 heterocycles. The smallest absolute Gasteiger partial charge is 0.0630 e. The van der Waals surface area contributed by atoms with Gasteiger partial charge in [-0.15, -0.1) is 0 Å². The van der Waals surface area contributed by atoms with E-state index in [2.05, 4.69) is 22.1 Å². The van der Waals surface area contributed by atoms with E-state index in [9.17, 15) is 0 Å². The molecule has 0 atom stereocenters. The van der Waals surface area contributed by atoms with Gasteiger partial charge in [0, 0.05) is 28.4 Å². The molecule has 2 aromatic carbocycles. The first-order valence-electron chi connectivity index (χ1n) is 5.69. The number of para-hydroxylation sites is 1.